The Labute approximate surface area is 123 Å². The van der Waals surface area contributed by atoms with Gasteiger partial charge in [-0.3, -0.25) is 4.90 Å². The molecule has 0 amide bonds. The molecule has 1 atom stereocenters. The number of rotatable bonds is 10. The first kappa shape index (κ1) is 16.7. The predicted octanol–water partition coefficient (Wildman–Crippen LogP) is 4.13. The van der Waals surface area contributed by atoms with Crippen LogP contribution in [0.15, 0.2) is 17.5 Å². The lowest BCUT2D eigenvalue weighted by Gasteiger charge is -2.35. The summed E-state index contributed by atoms with van der Waals surface area (Å²) >= 11 is 1.87. The number of hydrogen-bond acceptors (Lipinski definition) is 3. The number of thiophene rings is 1. The lowest BCUT2D eigenvalue weighted by Crippen LogP contribution is -2.45. The lowest BCUT2D eigenvalue weighted by atomic mass is 10.1. The fourth-order valence-electron chi connectivity index (χ4n) is 2.48. The molecule has 0 aromatic carbocycles. The Morgan fingerprint density at radius 3 is 2.58 bits per heavy atom. The maximum absolute atomic E-state index is 3.60. The van der Waals surface area contributed by atoms with Crippen molar-refractivity contribution in [3.63, 3.8) is 0 Å². The van der Waals surface area contributed by atoms with E-state index in [9.17, 15) is 0 Å². The summed E-state index contributed by atoms with van der Waals surface area (Å²) in [6.07, 6.45) is 3.75. The van der Waals surface area contributed by atoms with Crippen molar-refractivity contribution in [1.82, 2.24) is 10.2 Å². The van der Waals surface area contributed by atoms with E-state index >= 15 is 0 Å². The number of nitrogens with zero attached hydrogens (tertiary/aromatic N) is 1. The van der Waals surface area contributed by atoms with Gasteiger partial charge in [0.1, 0.15) is 0 Å². The van der Waals surface area contributed by atoms with Crippen LogP contribution in [0.5, 0.6) is 0 Å². The van der Waals surface area contributed by atoms with Gasteiger partial charge in [-0.05, 0) is 44.7 Å². The highest BCUT2D eigenvalue weighted by Gasteiger charge is 2.20. The van der Waals surface area contributed by atoms with Gasteiger partial charge in [0, 0.05) is 30.1 Å². The zero-order valence-corrected chi connectivity index (χ0v) is 13.8. The molecule has 1 N–H and O–H groups in total. The van der Waals surface area contributed by atoms with Gasteiger partial charge >= 0.3 is 0 Å². The predicted molar refractivity (Wildman–Crippen MR) is 86.9 cm³/mol. The fourth-order valence-corrected chi connectivity index (χ4v) is 3.19. The second-order valence-corrected chi connectivity index (χ2v) is 6.52. The Balaban J connectivity index is 2.62. The van der Waals surface area contributed by atoms with Crippen molar-refractivity contribution >= 4 is 11.3 Å². The van der Waals surface area contributed by atoms with Crippen LogP contribution >= 0.6 is 11.3 Å². The van der Waals surface area contributed by atoms with E-state index in [4.69, 9.17) is 0 Å². The molecular weight excluding hydrogens is 252 g/mol. The molecule has 1 aromatic heterocycles. The van der Waals surface area contributed by atoms with E-state index in [0.717, 1.165) is 19.6 Å². The smallest absolute Gasteiger partial charge is 0.0334 e. The van der Waals surface area contributed by atoms with E-state index in [-0.39, 0.29) is 0 Å². The summed E-state index contributed by atoms with van der Waals surface area (Å²) in [5.74, 6) is 0. The van der Waals surface area contributed by atoms with Crippen molar-refractivity contribution in [2.45, 2.75) is 65.6 Å². The van der Waals surface area contributed by atoms with Crippen molar-refractivity contribution in [2.75, 3.05) is 13.1 Å². The van der Waals surface area contributed by atoms with E-state index < -0.39 is 0 Å². The van der Waals surface area contributed by atoms with E-state index in [1.165, 1.54) is 24.1 Å². The minimum Gasteiger partial charge on any atom is -0.315 e. The van der Waals surface area contributed by atoms with Gasteiger partial charge in [-0.25, -0.2) is 0 Å². The Kier molecular flexibility index (Phi) is 8.35. The Morgan fingerprint density at radius 1 is 1.26 bits per heavy atom. The van der Waals surface area contributed by atoms with Crippen LogP contribution < -0.4 is 5.32 Å². The van der Waals surface area contributed by atoms with E-state index in [2.05, 4.69) is 55.4 Å². The van der Waals surface area contributed by atoms with E-state index in [0.29, 0.717) is 12.1 Å². The highest BCUT2D eigenvalue weighted by Crippen LogP contribution is 2.18. The first-order chi connectivity index (χ1) is 9.19. The van der Waals surface area contributed by atoms with Crippen LogP contribution in [0.1, 0.15) is 51.8 Å². The molecule has 19 heavy (non-hydrogen) atoms. The summed E-state index contributed by atoms with van der Waals surface area (Å²) < 4.78 is 0. The minimum absolute atomic E-state index is 0.599. The molecule has 1 unspecified atom stereocenters. The standard InChI is InChI=1S/C16H30N2S/c1-5-8-15(12-17-10-6-2)18(14(3)4)13-16-9-7-11-19-16/h7,9,11,14-15,17H,5-6,8,10,12-13H2,1-4H3. The van der Waals surface area contributed by atoms with Crippen LogP contribution in [0.2, 0.25) is 0 Å². The largest absolute Gasteiger partial charge is 0.315 e. The minimum atomic E-state index is 0.599. The maximum Gasteiger partial charge on any atom is 0.0334 e. The van der Waals surface area contributed by atoms with Crippen molar-refractivity contribution in [3.8, 4) is 0 Å². The second kappa shape index (κ2) is 9.51. The fraction of sp³-hybridized carbons (Fsp3) is 0.750. The summed E-state index contributed by atoms with van der Waals surface area (Å²) in [4.78, 5) is 4.13. The third-order valence-electron chi connectivity index (χ3n) is 3.48. The molecule has 0 saturated heterocycles. The quantitative estimate of drug-likeness (QED) is 0.649. The third-order valence-corrected chi connectivity index (χ3v) is 4.34. The third kappa shape index (κ3) is 6.07. The van der Waals surface area contributed by atoms with E-state index in [1.54, 1.807) is 0 Å². The SMILES string of the molecule is CCCNCC(CCC)N(Cc1cccs1)C(C)C. The van der Waals surface area contributed by atoms with Gasteiger partial charge in [0.25, 0.3) is 0 Å². The molecule has 0 fully saturated rings. The molecule has 0 aliphatic carbocycles. The average molecular weight is 282 g/mol. The Hall–Kier alpha value is -0.380. The topological polar surface area (TPSA) is 15.3 Å². The molecule has 1 rings (SSSR count). The van der Waals surface area contributed by atoms with Crippen LogP contribution in [0.3, 0.4) is 0 Å². The molecule has 0 aliphatic rings. The Bertz CT molecular complexity index is 309. The van der Waals surface area contributed by atoms with Gasteiger partial charge in [0.05, 0.1) is 0 Å². The van der Waals surface area contributed by atoms with Crippen molar-refractivity contribution in [2.24, 2.45) is 0 Å². The molecule has 0 spiro atoms. The van der Waals surface area contributed by atoms with Gasteiger partial charge in [-0.15, -0.1) is 11.3 Å². The van der Waals surface area contributed by atoms with Gasteiger partial charge < -0.3 is 5.32 Å². The molecule has 110 valence electrons. The van der Waals surface area contributed by atoms with Crippen molar-refractivity contribution in [3.05, 3.63) is 22.4 Å². The van der Waals surface area contributed by atoms with Crippen molar-refractivity contribution in [1.29, 1.82) is 0 Å². The van der Waals surface area contributed by atoms with Crippen LogP contribution in [-0.2, 0) is 6.54 Å². The van der Waals surface area contributed by atoms with Crippen LogP contribution in [0.4, 0.5) is 0 Å². The molecule has 0 radical (unpaired) electrons. The normalized spacial score (nSPS) is 13.4. The Morgan fingerprint density at radius 2 is 2.05 bits per heavy atom. The molecule has 0 aliphatic heterocycles. The second-order valence-electron chi connectivity index (χ2n) is 5.49. The highest BCUT2D eigenvalue weighted by molar-refractivity contribution is 7.09. The van der Waals surface area contributed by atoms with Gasteiger partial charge in [0.2, 0.25) is 0 Å². The van der Waals surface area contributed by atoms with Gasteiger partial charge in [-0.2, -0.15) is 0 Å². The zero-order valence-electron chi connectivity index (χ0n) is 13.0. The summed E-state index contributed by atoms with van der Waals surface area (Å²) in [7, 11) is 0. The number of nitrogens with one attached hydrogen (secondary N) is 1. The monoisotopic (exact) mass is 282 g/mol. The molecule has 1 aromatic rings. The molecule has 0 saturated carbocycles. The van der Waals surface area contributed by atoms with E-state index in [1.807, 2.05) is 11.3 Å². The number of hydrogen-bond donors (Lipinski definition) is 1. The van der Waals surface area contributed by atoms with Gasteiger partial charge in [0.15, 0.2) is 0 Å². The molecule has 1 heterocycles. The molecule has 0 bridgehead atoms. The molecular formula is C16H30N2S. The lowest BCUT2D eigenvalue weighted by molar-refractivity contribution is 0.134. The first-order valence-electron chi connectivity index (χ1n) is 7.67. The average Bonchev–Trinajstić information content (AvgIpc) is 2.88. The van der Waals surface area contributed by atoms with Crippen LogP contribution in [0.25, 0.3) is 0 Å². The van der Waals surface area contributed by atoms with Crippen LogP contribution in [-0.4, -0.2) is 30.1 Å². The first-order valence-corrected chi connectivity index (χ1v) is 8.55. The molecule has 2 nitrogen and oxygen atoms in total. The summed E-state index contributed by atoms with van der Waals surface area (Å²) in [6, 6.07) is 5.66. The zero-order chi connectivity index (χ0) is 14.1. The van der Waals surface area contributed by atoms with Crippen molar-refractivity contribution < 1.29 is 0 Å². The van der Waals surface area contributed by atoms with Crippen LogP contribution in [0, 0.1) is 0 Å². The van der Waals surface area contributed by atoms with Gasteiger partial charge in [-0.1, -0.05) is 26.3 Å². The summed E-state index contributed by atoms with van der Waals surface area (Å²) in [5.41, 5.74) is 0. The molecule has 3 heteroatoms. The summed E-state index contributed by atoms with van der Waals surface area (Å²) in [6.45, 7) is 12.5. The highest BCUT2D eigenvalue weighted by atomic mass is 32.1. The maximum atomic E-state index is 3.60. The summed E-state index contributed by atoms with van der Waals surface area (Å²) in [5, 5.41) is 5.78.